The van der Waals surface area contributed by atoms with Gasteiger partial charge in [0.25, 0.3) is 0 Å². The van der Waals surface area contributed by atoms with E-state index >= 15 is 0 Å². The summed E-state index contributed by atoms with van der Waals surface area (Å²) >= 11 is 0. The van der Waals surface area contributed by atoms with Crippen LogP contribution in [0.15, 0.2) is 24.4 Å². The number of hydrogen-bond acceptors (Lipinski definition) is 7. The van der Waals surface area contributed by atoms with Gasteiger partial charge in [-0.3, -0.25) is 9.58 Å². The smallest absolute Gasteiger partial charge is 0.222 e. The number of methoxy groups -OCH3 is 1. The van der Waals surface area contributed by atoms with E-state index in [4.69, 9.17) is 10.5 Å². The fraction of sp³-hybridized carbons (Fsp3) is 0.577. The first-order chi connectivity index (χ1) is 16.6. The Balaban J connectivity index is 1.39. The first-order valence-corrected chi connectivity index (χ1v) is 12.7. The van der Waals surface area contributed by atoms with E-state index in [1.807, 2.05) is 4.68 Å². The van der Waals surface area contributed by atoms with Gasteiger partial charge in [-0.2, -0.15) is 10.1 Å². The van der Waals surface area contributed by atoms with Crippen LogP contribution in [0.25, 0.3) is 11.0 Å². The van der Waals surface area contributed by atoms with Crippen LogP contribution >= 0.6 is 0 Å². The Hall–Kier alpha value is -2.87. The molecule has 2 aliphatic rings. The number of likely N-dealkylation sites (tertiary alicyclic amines) is 1. The highest BCUT2D eigenvalue weighted by atomic mass is 16.5. The summed E-state index contributed by atoms with van der Waals surface area (Å²) < 4.78 is 7.67. The zero-order valence-electron chi connectivity index (χ0n) is 20.5. The summed E-state index contributed by atoms with van der Waals surface area (Å²) in [5.41, 5.74) is 10.0. The number of nitrogens with zero attached hydrogens (tertiary/aromatic N) is 5. The van der Waals surface area contributed by atoms with Gasteiger partial charge in [-0.15, -0.1) is 0 Å². The molecule has 1 saturated heterocycles. The van der Waals surface area contributed by atoms with E-state index < -0.39 is 0 Å². The summed E-state index contributed by atoms with van der Waals surface area (Å²) in [5.74, 6) is 3.71. The molecule has 0 spiro atoms. The molecule has 3 heterocycles. The Kier molecular flexibility index (Phi) is 6.85. The van der Waals surface area contributed by atoms with Crippen LogP contribution < -0.4 is 15.8 Å². The van der Waals surface area contributed by atoms with E-state index in [-0.39, 0.29) is 5.95 Å². The van der Waals surface area contributed by atoms with Gasteiger partial charge < -0.3 is 15.8 Å². The molecule has 3 N–H and O–H groups in total. The Morgan fingerprint density at radius 1 is 1.15 bits per heavy atom. The predicted molar refractivity (Wildman–Crippen MR) is 136 cm³/mol. The van der Waals surface area contributed by atoms with Crippen LogP contribution in [0.4, 0.5) is 11.8 Å². The van der Waals surface area contributed by atoms with Crippen LogP contribution in [-0.4, -0.2) is 51.4 Å². The molecule has 2 aromatic heterocycles. The van der Waals surface area contributed by atoms with Gasteiger partial charge in [0, 0.05) is 25.2 Å². The Morgan fingerprint density at radius 3 is 2.88 bits per heavy atom. The van der Waals surface area contributed by atoms with Crippen LogP contribution in [0.3, 0.4) is 0 Å². The molecule has 2 atom stereocenters. The van der Waals surface area contributed by atoms with Gasteiger partial charge in [0.2, 0.25) is 5.95 Å². The molecular weight excluding hydrogens is 426 g/mol. The van der Waals surface area contributed by atoms with E-state index in [0.717, 1.165) is 65.9 Å². The van der Waals surface area contributed by atoms with Crippen molar-refractivity contribution in [3.8, 4) is 5.75 Å². The molecule has 0 radical (unpaired) electrons. The normalized spacial score (nSPS) is 20.5. The van der Waals surface area contributed by atoms with Crippen molar-refractivity contribution in [1.29, 1.82) is 0 Å². The molecule has 8 nitrogen and oxygen atoms in total. The number of benzene rings is 1. The van der Waals surface area contributed by atoms with Crippen molar-refractivity contribution in [3.05, 3.63) is 35.5 Å². The van der Waals surface area contributed by atoms with Crippen molar-refractivity contribution >= 4 is 22.8 Å². The fourth-order valence-electron chi connectivity index (χ4n) is 5.69. The minimum absolute atomic E-state index is 0.261. The zero-order chi connectivity index (χ0) is 23.5. The van der Waals surface area contributed by atoms with Gasteiger partial charge in [0.15, 0.2) is 5.82 Å². The van der Waals surface area contributed by atoms with E-state index in [9.17, 15) is 0 Å². The third-order valence-corrected chi connectivity index (χ3v) is 7.42. The van der Waals surface area contributed by atoms with E-state index in [0.29, 0.717) is 6.54 Å². The molecule has 5 rings (SSSR count). The molecule has 8 heteroatoms. The number of fused-ring (bicyclic) bond motifs is 3. The standard InChI is InChI=1S/C26H37N7O/c1-3-4-10-28-25-24-22(30-26(27)31-25)14-29-33(24)17-21-13-20(7-8-23(21)34-2)16-32-11-9-18-5-6-19(12-18)15-32/h7-8,13-14,18-19H,3-6,9-12,15-17H2,1-2H3,(H3,27,28,30,31). The second kappa shape index (κ2) is 10.2. The van der Waals surface area contributed by atoms with Gasteiger partial charge in [-0.05, 0) is 61.8 Å². The number of unbranched alkanes of at least 4 members (excludes halogenated alkanes) is 1. The van der Waals surface area contributed by atoms with Crippen LogP contribution in [-0.2, 0) is 13.1 Å². The molecule has 1 aliphatic carbocycles. The quantitative estimate of drug-likeness (QED) is 0.457. The molecule has 2 fully saturated rings. The average Bonchev–Trinajstić information content (AvgIpc) is 3.38. The second-order valence-electron chi connectivity index (χ2n) is 9.96. The Labute approximate surface area is 201 Å². The predicted octanol–water partition coefficient (Wildman–Crippen LogP) is 4.30. The van der Waals surface area contributed by atoms with E-state index in [2.05, 4.69) is 50.4 Å². The lowest BCUT2D eigenvalue weighted by Crippen LogP contribution is -2.28. The lowest BCUT2D eigenvalue weighted by atomic mass is 10.0. The molecule has 1 aromatic carbocycles. The van der Waals surface area contributed by atoms with Gasteiger partial charge >= 0.3 is 0 Å². The number of anilines is 2. The molecule has 1 saturated carbocycles. The third-order valence-electron chi connectivity index (χ3n) is 7.42. The van der Waals surface area contributed by atoms with Gasteiger partial charge in [0.05, 0.1) is 19.9 Å². The number of hydrogen-bond donors (Lipinski definition) is 2. The molecule has 3 aromatic rings. The fourth-order valence-corrected chi connectivity index (χ4v) is 5.69. The topological polar surface area (TPSA) is 94.1 Å². The van der Waals surface area contributed by atoms with Crippen molar-refractivity contribution in [3.63, 3.8) is 0 Å². The SMILES string of the molecule is CCCCNc1nc(N)nc2cnn(Cc3cc(CN4CCC5CCC(C5)C4)ccc3OC)c12. The summed E-state index contributed by atoms with van der Waals surface area (Å²) in [6.07, 6.45) is 9.55. The molecular formula is C26H37N7O. The highest BCUT2D eigenvalue weighted by Gasteiger charge is 2.30. The highest BCUT2D eigenvalue weighted by Crippen LogP contribution is 2.37. The third kappa shape index (κ3) is 4.97. The lowest BCUT2D eigenvalue weighted by molar-refractivity contribution is 0.229. The van der Waals surface area contributed by atoms with E-state index in [1.165, 1.54) is 44.3 Å². The first kappa shape index (κ1) is 22.9. The zero-order valence-corrected chi connectivity index (χ0v) is 20.5. The van der Waals surface area contributed by atoms with Gasteiger partial charge in [-0.1, -0.05) is 25.8 Å². The molecule has 2 bridgehead atoms. The number of nitrogens with one attached hydrogen (secondary N) is 1. The molecule has 1 aliphatic heterocycles. The van der Waals surface area contributed by atoms with Crippen LogP contribution in [0.5, 0.6) is 5.75 Å². The number of ether oxygens (including phenoxy) is 1. The van der Waals surface area contributed by atoms with Gasteiger partial charge in [-0.25, -0.2) is 4.98 Å². The maximum Gasteiger partial charge on any atom is 0.222 e. The largest absolute Gasteiger partial charge is 0.496 e. The number of aromatic nitrogens is 4. The summed E-state index contributed by atoms with van der Waals surface area (Å²) in [6.45, 7) is 7.02. The van der Waals surface area contributed by atoms with Crippen molar-refractivity contribution in [2.45, 2.75) is 58.5 Å². The van der Waals surface area contributed by atoms with Crippen molar-refractivity contribution in [1.82, 2.24) is 24.6 Å². The molecule has 2 unspecified atom stereocenters. The lowest BCUT2D eigenvalue weighted by Gasteiger charge is -2.25. The van der Waals surface area contributed by atoms with Crippen molar-refractivity contribution < 1.29 is 4.74 Å². The molecule has 0 amide bonds. The van der Waals surface area contributed by atoms with Crippen LogP contribution in [0.1, 0.15) is 56.6 Å². The summed E-state index contributed by atoms with van der Waals surface area (Å²) in [5, 5.41) is 8.06. The number of nitrogen functional groups attached to an aromatic ring is 1. The molecule has 34 heavy (non-hydrogen) atoms. The second-order valence-corrected chi connectivity index (χ2v) is 9.96. The monoisotopic (exact) mass is 463 g/mol. The number of rotatable bonds is 9. The highest BCUT2D eigenvalue weighted by molar-refractivity contribution is 5.86. The van der Waals surface area contributed by atoms with Crippen LogP contribution in [0, 0.1) is 11.8 Å². The minimum Gasteiger partial charge on any atom is -0.496 e. The minimum atomic E-state index is 0.261. The summed E-state index contributed by atoms with van der Waals surface area (Å²) in [7, 11) is 1.73. The van der Waals surface area contributed by atoms with Crippen molar-refractivity contribution in [2.24, 2.45) is 11.8 Å². The van der Waals surface area contributed by atoms with E-state index in [1.54, 1.807) is 13.3 Å². The summed E-state index contributed by atoms with van der Waals surface area (Å²) in [6, 6.07) is 6.57. The summed E-state index contributed by atoms with van der Waals surface area (Å²) in [4.78, 5) is 11.5. The van der Waals surface area contributed by atoms with Crippen molar-refractivity contribution in [2.75, 3.05) is 37.8 Å². The van der Waals surface area contributed by atoms with Crippen LogP contribution in [0.2, 0.25) is 0 Å². The first-order valence-electron chi connectivity index (χ1n) is 12.7. The Bertz CT molecular complexity index is 1130. The Morgan fingerprint density at radius 2 is 2.03 bits per heavy atom. The maximum atomic E-state index is 5.95. The average molecular weight is 464 g/mol. The molecule has 182 valence electrons. The number of nitrogens with two attached hydrogens (primary N) is 1. The van der Waals surface area contributed by atoms with Gasteiger partial charge in [0.1, 0.15) is 16.8 Å². The maximum absolute atomic E-state index is 5.95.